The minimum atomic E-state index is -0.0862. The van der Waals surface area contributed by atoms with E-state index in [-0.39, 0.29) is 18.1 Å². The first-order valence-corrected chi connectivity index (χ1v) is 7.37. The minimum Gasteiger partial charge on any atom is -0.495 e. The summed E-state index contributed by atoms with van der Waals surface area (Å²) >= 11 is 5.95. The lowest BCUT2D eigenvalue weighted by Crippen LogP contribution is -2.48. The number of nitrogens with one attached hydrogen (secondary N) is 1. The molecule has 5 nitrogen and oxygen atoms in total. The van der Waals surface area contributed by atoms with Gasteiger partial charge in [0.25, 0.3) is 0 Å². The first-order chi connectivity index (χ1) is 9.97. The molecule has 0 saturated carbocycles. The molecule has 1 fully saturated rings. The molecule has 1 aliphatic heterocycles. The van der Waals surface area contributed by atoms with Crippen LogP contribution >= 0.6 is 11.6 Å². The maximum absolute atomic E-state index is 12.2. The van der Waals surface area contributed by atoms with Gasteiger partial charge in [-0.25, -0.2) is 0 Å². The summed E-state index contributed by atoms with van der Waals surface area (Å²) in [7, 11) is 1.56. The number of halogens is 1. The molecule has 21 heavy (non-hydrogen) atoms. The first-order valence-electron chi connectivity index (χ1n) is 6.99. The van der Waals surface area contributed by atoms with Crippen LogP contribution in [-0.4, -0.2) is 49.8 Å². The zero-order valence-electron chi connectivity index (χ0n) is 12.6. The third-order valence-electron chi connectivity index (χ3n) is 3.30. The Hall–Kier alpha value is -1.30. The number of rotatable bonds is 4. The van der Waals surface area contributed by atoms with Crippen LogP contribution in [0, 0.1) is 0 Å². The summed E-state index contributed by atoms with van der Waals surface area (Å²) in [5, 5.41) is 3.40. The Labute approximate surface area is 130 Å². The van der Waals surface area contributed by atoms with Gasteiger partial charge in [0.15, 0.2) is 0 Å². The second-order valence-electron chi connectivity index (χ2n) is 5.34. The van der Waals surface area contributed by atoms with E-state index in [1.807, 2.05) is 13.8 Å². The standard InChI is InChI=1S/C15H21ClN2O3/c1-10-7-18(8-11(2)21-10)9-15(19)17-13-6-12(16)4-5-14(13)20-3/h4-6,10-11H,7-9H2,1-3H3,(H,17,19)/t10-,11-/m1/s1. The number of nitrogens with zero attached hydrogens (tertiary/aromatic N) is 1. The molecule has 0 aliphatic carbocycles. The Balaban J connectivity index is 1.97. The average Bonchev–Trinajstić information content (AvgIpc) is 2.37. The molecular formula is C15H21ClN2O3. The third-order valence-corrected chi connectivity index (χ3v) is 3.53. The molecular weight excluding hydrogens is 292 g/mol. The number of carbonyl (C=O) groups is 1. The van der Waals surface area contributed by atoms with Gasteiger partial charge in [-0.3, -0.25) is 9.69 Å². The molecule has 1 aromatic rings. The lowest BCUT2D eigenvalue weighted by molar-refractivity contribution is -0.121. The highest BCUT2D eigenvalue weighted by Crippen LogP contribution is 2.27. The fourth-order valence-electron chi connectivity index (χ4n) is 2.58. The second kappa shape index (κ2) is 7.11. The van der Waals surface area contributed by atoms with E-state index in [9.17, 15) is 4.79 Å². The summed E-state index contributed by atoms with van der Waals surface area (Å²) in [5.41, 5.74) is 0.587. The van der Waals surface area contributed by atoms with Crippen molar-refractivity contribution in [2.24, 2.45) is 0 Å². The summed E-state index contributed by atoms with van der Waals surface area (Å²) in [4.78, 5) is 14.3. The van der Waals surface area contributed by atoms with Crippen LogP contribution in [0.4, 0.5) is 5.69 Å². The fraction of sp³-hybridized carbons (Fsp3) is 0.533. The molecule has 116 valence electrons. The number of hydrogen-bond donors (Lipinski definition) is 1. The van der Waals surface area contributed by atoms with Crippen molar-refractivity contribution in [3.8, 4) is 5.75 Å². The summed E-state index contributed by atoms with van der Waals surface area (Å²) in [6.45, 7) is 5.86. The molecule has 1 N–H and O–H groups in total. The van der Waals surface area contributed by atoms with Crippen molar-refractivity contribution >= 4 is 23.2 Å². The molecule has 0 radical (unpaired) electrons. The molecule has 1 saturated heterocycles. The van der Waals surface area contributed by atoms with E-state index in [0.29, 0.717) is 23.0 Å². The summed E-state index contributed by atoms with van der Waals surface area (Å²) < 4.78 is 10.9. The number of morpholine rings is 1. The van der Waals surface area contributed by atoms with Crippen LogP contribution in [0.5, 0.6) is 5.75 Å². The van der Waals surface area contributed by atoms with E-state index in [2.05, 4.69) is 10.2 Å². The van der Waals surface area contributed by atoms with Crippen LogP contribution in [0.15, 0.2) is 18.2 Å². The molecule has 0 spiro atoms. The van der Waals surface area contributed by atoms with Gasteiger partial charge in [0.05, 0.1) is 31.5 Å². The number of benzene rings is 1. The van der Waals surface area contributed by atoms with Crippen molar-refractivity contribution in [2.75, 3.05) is 32.1 Å². The molecule has 2 atom stereocenters. The largest absolute Gasteiger partial charge is 0.495 e. The number of hydrogen-bond acceptors (Lipinski definition) is 4. The van der Waals surface area contributed by atoms with Gasteiger partial charge in [-0.1, -0.05) is 11.6 Å². The average molecular weight is 313 g/mol. The molecule has 1 aromatic carbocycles. The van der Waals surface area contributed by atoms with Crippen molar-refractivity contribution in [3.63, 3.8) is 0 Å². The smallest absolute Gasteiger partial charge is 0.238 e. The minimum absolute atomic E-state index is 0.0862. The number of ether oxygens (including phenoxy) is 2. The van der Waals surface area contributed by atoms with Gasteiger partial charge in [0, 0.05) is 18.1 Å². The van der Waals surface area contributed by atoms with Gasteiger partial charge in [-0.15, -0.1) is 0 Å². The third kappa shape index (κ3) is 4.59. The van der Waals surface area contributed by atoms with Crippen LogP contribution in [0.25, 0.3) is 0 Å². The van der Waals surface area contributed by atoms with Gasteiger partial charge < -0.3 is 14.8 Å². The van der Waals surface area contributed by atoms with E-state index in [1.165, 1.54) is 0 Å². The van der Waals surface area contributed by atoms with Gasteiger partial charge >= 0.3 is 0 Å². The van der Waals surface area contributed by atoms with Crippen molar-refractivity contribution in [1.29, 1.82) is 0 Å². The fourth-order valence-corrected chi connectivity index (χ4v) is 2.76. The SMILES string of the molecule is COc1ccc(Cl)cc1NC(=O)CN1C[C@@H](C)O[C@H](C)C1. The molecule has 2 rings (SSSR count). The van der Waals surface area contributed by atoms with Crippen LogP contribution in [0.2, 0.25) is 5.02 Å². The normalized spacial score (nSPS) is 22.9. The predicted octanol–water partition coefficient (Wildman–Crippen LogP) is 2.40. The summed E-state index contributed by atoms with van der Waals surface area (Å²) in [6.07, 6.45) is 0.282. The van der Waals surface area contributed by atoms with Gasteiger partial charge in [0.1, 0.15) is 5.75 Å². The van der Waals surface area contributed by atoms with Crippen LogP contribution in [0.3, 0.4) is 0 Å². The maximum atomic E-state index is 12.2. The Morgan fingerprint density at radius 3 is 2.71 bits per heavy atom. The number of methoxy groups -OCH3 is 1. The van der Waals surface area contributed by atoms with Crippen LogP contribution in [0.1, 0.15) is 13.8 Å². The Kier molecular flexibility index (Phi) is 5.45. The van der Waals surface area contributed by atoms with E-state index in [0.717, 1.165) is 13.1 Å². The zero-order valence-corrected chi connectivity index (χ0v) is 13.3. The lowest BCUT2D eigenvalue weighted by Gasteiger charge is -2.34. The zero-order chi connectivity index (χ0) is 15.4. The highest BCUT2D eigenvalue weighted by molar-refractivity contribution is 6.31. The lowest BCUT2D eigenvalue weighted by atomic mass is 10.2. The Bertz CT molecular complexity index is 500. The van der Waals surface area contributed by atoms with Crippen molar-refractivity contribution < 1.29 is 14.3 Å². The number of amides is 1. The Morgan fingerprint density at radius 1 is 1.43 bits per heavy atom. The highest BCUT2D eigenvalue weighted by Gasteiger charge is 2.23. The molecule has 1 amide bonds. The molecule has 1 aliphatic rings. The number of anilines is 1. The first kappa shape index (κ1) is 16.1. The van der Waals surface area contributed by atoms with Gasteiger partial charge in [-0.05, 0) is 32.0 Å². The van der Waals surface area contributed by atoms with Gasteiger partial charge in [0.2, 0.25) is 5.91 Å². The van der Waals surface area contributed by atoms with Crippen molar-refractivity contribution in [2.45, 2.75) is 26.1 Å². The highest BCUT2D eigenvalue weighted by atomic mass is 35.5. The van der Waals surface area contributed by atoms with E-state index in [4.69, 9.17) is 21.1 Å². The molecule has 0 aromatic heterocycles. The molecule has 1 heterocycles. The maximum Gasteiger partial charge on any atom is 0.238 e. The number of carbonyl (C=O) groups excluding carboxylic acids is 1. The van der Waals surface area contributed by atoms with Crippen molar-refractivity contribution in [3.05, 3.63) is 23.2 Å². The van der Waals surface area contributed by atoms with Gasteiger partial charge in [-0.2, -0.15) is 0 Å². The molecule has 0 bridgehead atoms. The molecule has 0 unspecified atom stereocenters. The second-order valence-corrected chi connectivity index (χ2v) is 5.78. The molecule has 6 heteroatoms. The quantitative estimate of drug-likeness (QED) is 0.927. The topological polar surface area (TPSA) is 50.8 Å². The predicted molar refractivity (Wildman–Crippen MR) is 83.1 cm³/mol. The van der Waals surface area contributed by atoms with Crippen molar-refractivity contribution in [1.82, 2.24) is 4.90 Å². The summed E-state index contributed by atoms with van der Waals surface area (Å²) in [6, 6.07) is 5.14. The van der Waals surface area contributed by atoms with Crippen LogP contribution < -0.4 is 10.1 Å². The monoisotopic (exact) mass is 312 g/mol. The van der Waals surface area contributed by atoms with E-state index in [1.54, 1.807) is 25.3 Å². The van der Waals surface area contributed by atoms with E-state index >= 15 is 0 Å². The summed E-state index contributed by atoms with van der Waals surface area (Å²) in [5.74, 6) is 0.508. The van der Waals surface area contributed by atoms with E-state index < -0.39 is 0 Å². The Morgan fingerprint density at radius 2 is 2.10 bits per heavy atom. The van der Waals surface area contributed by atoms with Crippen LogP contribution in [-0.2, 0) is 9.53 Å².